The third kappa shape index (κ3) is 3.76. The molecule has 2 aromatic rings. The van der Waals surface area contributed by atoms with Crippen molar-refractivity contribution in [2.75, 3.05) is 13.3 Å². The van der Waals surface area contributed by atoms with Gasteiger partial charge >= 0.3 is 0 Å². The van der Waals surface area contributed by atoms with E-state index in [1.807, 2.05) is 0 Å². The summed E-state index contributed by atoms with van der Waals surface area (Å²) < 4.78 is 2.14. The third-order valence-corrected chi connectivity index (χ3v) is 5.26. The van der Waals surface area contributed by atoms with E-state index in [0.29, 0.717) is 12.0 Å². The van der Waals surface area contributed by atoms with Crippen LogP contribution in [0, 0.1) is 0 Å². The van der Waals surface area contributed by atoms with Crippen molar-refractivity contribution < 1.29 is 0 Å². The van der Waals surface area contributed by atoms with Crippen LogP contribution in [0.4, 0.5) is 0 Å². The van der Waals surface area contributed by atoms with Gasteiger partial charge in [-0.2, -0.15) is 0 Å². The summed E-state index contributed by atoms with van der Waals surface area (Å²) in [6.45, 7) is 1.71. The predicted molar refractivity (Wildman–Crippen MR) is 94.3 cm³/mol. The molecule has 3 rings (SSSR count). The Hall–Kier alpha value is -1.37. The fourth-order valence-corrected chi connectivity index (χ4v) is 3.60. The van der Waals surface area contributed by atoms with E-state index in [1.165, 1.54) is 10.5 Å². The Kier molecular flexibility index (Phi) is 5.04. The molecule has 2 N–H and O–H groups in total. The van der Waals surface area contributed by atoms with Gasteiger partial charge in [0.05, 0.1) is 6.54 Å². The lowest BCUT2D eigenvalue weighted by Crippen LogP contribution is -2.36. The van der Waals surface area contributed by atoms with Gasteiger partial charge in [-0.25, -0.2) is 0 Å². The predicted octanol–water partition coefficient (Wildman–Crippen LogP) is 2.37. The molecule has 6 heteroatoms. The second-order valence-electron chi connectivity index (χ2n) is 6.49. The van der Waals surface area contributed by atoms with Gasteiger partial charge < -0.3 is 10.3 Å². The third-order valence-electron chi connectivity index (χ3n) is 4.54. The minimum absolute atomic E-state index is 0.339. The molecule has 1 aliphatic rings. The Bertz CT molecular complexity index is 663. The van der Waals surface area contributed by atoms with Gasteiger partial charge in [-0.05, 0) is 43.8 Å². The monoisotopic (exact) mass is 331 g/mol. The lowest BCUT2D eigenvalue weighted by atomic mass is 9.80. The van der Waals surface area contributed by atoms with Crippen molar-refractivity contribution in [1.29, 1.82) is 0 Å². The maximum Gasteiger partial charge on any atom is 0.146 e. The smallest absolute Gasteiger partial charge is 0.146 e. The quantitative estimate of drug-likeness (QED) is 0.824. The van der Waals surface area contributed by atoms with Crippen molar-refractivity contribution in [3.8, 4) is 0 Å². The first-order valence-corrected chi connectivity index (χ1v) is 9.24. The van der Waals surface area contributed by atoms with Crippen molar-refractivity contribution in [2.24, 2.45) is 12.8 Å². The number of aromatic nitrogens is 3. The number of benzene rings is 1. The van der Waals surface area contributed by atoms with E-state index in [-0.39, 0.29) is 0 Å². The summed E-state index contributed by atoms with van der Waals surface area (Å²) in [5, 5.41) is 8.77. The van der Waals surface area contributed by atoms with Crippen LogP contribution in [-0.2, 0) is 20.1 Å². The average molecular weight is 331 g/mol. The van der Waals surface area contributed by atoms with Crippen LogP contribution >= 0.6 is 11.8 Å². The molecule has 0 spiro atoms. The molecule has 0 radical (unpaired) electrons. The van der Waals surface area contributed by atoms with Crippen molar-refractivity contribution >= 4 is 11.8 Å². The normalized spacial score (nSPS) is 20.7. The van der Waals surface area contributed by atoms with Crippen LogP contribution in [-0.4, -0.2) is 39.0 Å². The van der Waals surface area contributed by atoms with Crippen LogP contribution in [0.2, 0.25) is 0 Å². The van der Waals surface area contributed by atoms with Gasteiger partial charge in [0.25, 0.3) is 0 Å². The maximum atomic E-state index is 5.89. The van der Waals surface area contributed by atoms with Gasteiger partial charge in [0.1, 0.15) is 11.6 Å². The van der Waals surface area contributed by atoms with E-state index in [9.17, 15) is 0 Å². The zero-order valence-corrected chi connectivity index (χ0v) is 14.9. The van der Waals surface area contributed by atoms with Gasteiger partial charge in [0.15, 0.2) is 0 Å². The number of thioether (sulfide) groups is 1. The van der Waals surface area contributed by atoms with Crippen LogP contribution in [0.15, 0.2) is 29.2 Å². The summed E-state index contributed by atoms with van der Waals surface area (Å²) >= 11 is 1.78. The molecule has 5 nitrogen and oxygen atoms in total. The molecule has 0 unspecified atom stereocenters. The van der Waals surface area contributed by atoms with Crippen molar-refractivity contribution in [3.05, 3.63) is 41.5 Å². The molecule has 1 aliphatic carbocycles. The molecule has 1 saturated carbocycles. The van der Waals surface area contributed by atoms with Crippen molar-refractivity contribution in [2.45, 2.75) is 42.8 Å². The molecule has 1 aromatic carbocycles. The largest absolute Gasteiger partial charge is 0.328 e. The van der Waals surface area contributed by atoms with E-state index in [0.717, 1.165) is 37.6 Å². The summed E-state index contributed by atoms with van der Waals surface area (Å²) in [4.78, 5) is 3.58. The second kappa shape index (κ2) is 7.03. The van der Waals surface area contributed by atoms with E-state index in [1.54, 1.807) is 11.8 Å². The van der Waals surface area contributed by atoms with Crippen LogP contribution in [0.5, 0.6) is 0 Å². The Morgan fingerprint density at radius 2 is 2.09 bits per heavy atom. The number of rotatable bonds is 6. The van der Waals surface area contributed by atoms with Crippen molar-refractivity contribution in [3.63, 3.8) is 0 Å². The molecule has 0 aliphatic heterocycles. The first-order chi connectivity index (χ1) is 11.1. The van der Waals surface area contributed by atoms with E-state index >= 15 is 0 Å². The minimum Gasteiger partial charge on any atom is -0.328 e. The summed E-state index contributed by atoms with van der Waals surface area (Å²) in [6, 6.07) is 9.03. The maximum absolute atomic E-state index is 5.89. The van der Waals surface area contributed by atoms with Gasteiger partial charge in [0.2, 0.25) is 0 Å². The van der Waals surface area contributed by atoms with Gasteiger partial charge in [-0.1, -0.05) is 12.1 Å². The summed E-state index contributed by atoms with van der Waals surface area (Å²) in [7, 11) is 4.19. The Balaban J connectivity index is 1.62. The molecular formula is C17H25N5S. The molecule has 0 atom stereocenters. The standard InChI is InChI=1S/C17H25N5S/c1-21(10-12-5-4-6-15(7-12)23-3)11-16-19-20-17(22(16)2)13-8-14(18)9-13/h4-7,13-14H,8-11,18H2,1-3H3. The van der Waals surface area contributed by atoms with Crippen molar-refractivity contribution in [1.82, 2.24) is 19.7 Å². The zero-order chi connectivity index (χ0) is 16.4. The Morgan fingerprint density at radius 3 is 2.78 bits per heavy atom. The Morgan fingerprint density at radius 1 is 1.30 bits per heavy atom. The van der Waals surface area contributed by atoms with E-state index < -0.39 is 0 Å². The van der Waals surface area contributed by atoms with Crippen LogP contribution in [0.25, 0.3) is 0 Å². The van der Waals surface area contributed by atoms with Gasteiger partial charge in [0, 0.05) is 30.4 Å². The molecule has 1 heterocycles. The van der Waals surface area contributed by atoms with E-state index in [4.69, 9.17) is 5.73 Å². The van der Waals surface area contributed by atoms with Crippen LogP contribution in [0.3, 0.4) is 0 Å². The first-order valence-electron chi connectivity index (χ1n) is 8.02. The molecule has 23 heavy (non-hydrogen) atoms. The highest BCUT2D eigenvalue weighted by molar-refractivity contribution is 7.98. The number of hydrogen-bond acceptors (Lipinski definition) is 5. The van der Waals surface area contributed by atoms with Gasteiger partial charge in [-0.15, -0.1) is 22.0 Å². The zero-order valence-electron chi connectivity index (χ0n) is 14.1. The first kappa shape index (κ1) is 16.5. The summed E-state index contributed by atoms with van der Waals surface area (Å²) in [5.41, 5.74) is 7.21. The average Bonchev–Trinajstić information content (AvgIpc) is 2.85. The number of nitrogens with two attached hydrogens (primary N) is 1. The molecule has 0 amide bonds. The lowest BCUT2D eigenvalue weighted by Gasteiger charge is -2.31. The fraction of sp³-hybridized carbons (Fsp3) is 0.529. The highest BCUT2D eigenvalue weighted by Gasteiger charge is 2.31. The fourth-order valence-electron chi connectivity index (χ4n) is 3.12. The minimum atomic E-state index is 0.339. The molecule has 1 aromatic heterocycles. The SMILES string of the molecule is CSc1cccc(CN(C)Cc2nnc(C3CC(N)C3)n2C)c1. The van der Waals surface area contributed by atoms with Crippen LogP contribution < -0.4 is 5.73 Å². The summed E-state index contributed by atoms with van der Waals surface area (Å²) in [5.74, 6) is 2.59. The van der Waals surface area contributed by atoms with Gasteiger partial charge in [-0.3, -0.25) is 4.90 Å². The van der Waals surface area contributed by atoms with Crippen LogP contribution in [0.1, 0.15) is 36.0 Å². The molecule has 0 bridgehead atoms. The molecule has 124 valence electrons. The molecular weight excluding hydrogens is 306 g/mol. The summed E-state index contributed by atoms with van der Waals surface area (Å²) in [6.07, 6.45) is 4.17. The second-order valence-corrected chi connectivity index (χ2v) is 7.37. The number of hydrogen-bond donors (Lipinski definition) is 1. The molecule has 1 fully saturated rings. The number of nitrogens with zero attached hydrogens (tertiary/aromatic N) is 4. The lowest BCUT2D eigenvalue weighted by molar-refractivity contribution is 0.302. The van der Waals surface area contributed by atoms with E-state index in [2.05, 4.69) is 64.3 Å². The topological polar surface area (TPSA) is 60.0 Å². The highest BCUT2D eigenvalue weighted by Crippen LogP contribution is 2.34. The molecule has 0 saturated heterocycles. The Labute approximate surface area is 142 Å². The highest BCUT2D eigenvalue weighted by atomic mass is 32.2.